The maximum Gasteiger partial charge on any atom is 0.268 e. The molecule has 6 heteroatoms. The molecule has 1 amide bonds. The highest BCUT2D eigenvalue weighted by Crippen LogP contribution is 2.29. The number of rotatable bonds is 4. The number of carbonyl (C=O) groups is 1. The Morgan fingerprint density at radius 2 is 2.12 bits per heavy atom. The number of aliphatic hydroxyl groups is 1. The predicted molar refractivity (Wildman–Crippen MR) is 90.5 cm³/mol. The van der Waals surface area contributed by atoms with Gasteiger partial charge in [-0.3, -0.25) is 4.79 Å². The zero-order chi connectivity index (χ0) is 17.1. The van der Waals surface area contributed by atoms with Crippen LogP contribution >= 0.6 is 0 Å². The molecule has 1 aliphatic rings. The summed E-state index contributed by atoms with van der Waals surface area (Å²) in [5, 5.41) is 12.6. The number of halogens is 1. The van der Waals surface area contributed by atoms with E-state index >= 15 is 0 Å². The summed E-state index contributed by atoms with van der Waals surface area (Å²) >= 11 is 0. The summed E-state index contributed by atoms with van der Waals surface area (Å²) in [5.74, 6) is -0.552. The quantitative estimate of drug-likeness (QED) is 0.807. The first-order valence-corrected chi connectivity index (χ1v) is 8.21. The molecule has 3 N–H and O–H groups in total. The van der Waals surface area contributed by atoms with Crippen LogP contribution in [-0.2, 0) is 0 Å². The van der Waals surface area contributed by atoms with Gasteiger partial charge in [0.1, 0.15) is 11.5 Å². The Kier molecular flexibility index (Phi) is 4.85. The fourth-order valence-electron chi connectivity index (χ4n) is 3.09. The van der Waals surface area contributed by atoms with Crippen molar-refractivity contribution in [3.8, 4) is 0 Å². The molecule has 1 fully saturated rings. The van der Waals surface area contributed by atoms with Crippen LogP contribution in [0, 0.1) is 5.82 Å². The van der Waals surface area contributed by atoms with Gasteiger partial charge in [-0.2, -0.15) is 0 Å². The Hall–Kier alpha value is -2.34. The minimum absolute atomic E-state index is 0.225. The molecule has 0 radical (unpaired) electrons. The number of hydrogen-bond acceptors (Lipinski definition) is 3. The van der Waals surface area contributed by atoms with Crippen LogP contribution in [0.1, 0.15) is 41.9 Å². The van der Waals surface area contributed by atoms with E-state index in [0.29, 0.717) is 18.5 Å². The summed E-state index contributed by atoms with van der Waals surface area (Å²) in [6, 6.07) is 7.77. The van der Waals surface area contributed by atoms with E-state index in [1.807, 2.05) is 6.92 Å². The van der Waals surface area contributed by atoms with Gasteiger partial charge in [0.15, 0.2) is 0 Å². The zero-order valence-electron chi connectivity index (χ0n) is 13.6. The Bertz CT molecular complexity index is 694. The maximum absolute atomic E-state index is 13.8. The molecule has 1 aliphatic heterocycles. The van der Waals surface area contributed by atoms with Gasteiger partial charge in [0, 0.05) is 30.5 Å². The first kappa shape index (κ1) is 16.5. The molecule has 1 aromatic carbocycles. The molecular weight excluding hydrogens is 309 g/mol. The molecule has 3 rings (SSSR count). The van der Waals surface area contributed by atoms with E-state index in [1.165, 1.54) is 12.1 Å². The van der Waals surface area contributed by atoms with Crippen molar-refractivity contribution in [2.45, 2.75) is 31.9 Å². The van der Waals surface area contributed by atoms with E-state index in [9.17, 15) is 14.3 Å². The van der Waals surface area contributed by atoms with Crippen LogP contribution in [0.2, 0.25) is 0 Å². The Morgan fingerprint density at radius 1 is 1.38 bits per heavy atom. The Balaban J connectivity index is 1.80. The van der Waals surface area contributed by atoms with Crippen molar-refractivity contribution in [1.82, 2.24) is 10.3 Å². The number of amides is 1. The third-order valence-electron chi connectivity index (χ3n) is 4.45. The fourth-order valence-corrected chi connectivity index (χ4v) is 3.09. The van der Waals surface area contributed by atoms with Crippen molar-refractivity contribution in [3.63, 3.8) is 0 Å². The lowest BCUT2D eigenvalue weighted by atomic mass is 10.0. The average molecular weight is 331 g/mol. The van der Waals surface area contributed by atoms with Gasteiger partial charge in [0.25, 0.3) is 5.91 Å². The molecule has 0 saturated carbocycles. The standard InChI is InChI=1S/C18H22FN3O2/c1-12(21-18(24)16-3-2-8-20-16)15-11-13(19)4-5-17(15)22-9-6-14(23)7-10-22/h2-5,8,11-12,14,20,23H,6-7,9-10H2,1H3,(H,21,24)/t12-/m1/s1. The van der Waals surface area contributed by atoms with Crippen molar-refractivity contribution in [1.29, 1.82) is 0 Å². The molecule has 0 bridgehead atoms. The molecule has 1 aromatic heterocycles. The normalized spacial score (nSPS) is 16.9. The number of benzene rings is 1. The van der Waals surface area contributed by atoms with Crippen molar-refractivity contribution < 1.29 is 14.3 Å². The molecule has 128 valence electrons. The van der Waals surface area contributed by atoms with Gasteiger partial charge >= 0.3 is 0 Å². The van der Waals surface area contributed by atoms with Crippen LogP contribution in [0.15, 0.2) is 36.5 Å². The largest absolute Gasteiger partial charge is 0.393 e. The summed E-state index contributed by atoms with van der Waals surface area (Å²) in [6.45, 7) is 3.28. The molecular formula is C18H22FN3O2. The summed E-state index contributed by atoms with van der Waals surface area (Å²) in [5.41, 5.74) is 2.12. The third kappa shape index (κ3) is 3.59. The summed E-state index contributed by atoms with van der Waals surface area (Å²) in [4.78, 5) is 17.2. The molecule has 5 nitrogen and oxygen atoms in total. The molecule has 2 heterocycles. The van der Waals surface area contributed by atoms with Crippen molar-refractivity contribution >= 4 is 11.6 Å². The number of nitrogens with zero attached hydrogens (tertiary/aromatic N) is 1. The molecule has 1 saturated heterocycles. The second kappa shape index (κ2) is 7.05. The lowest BCUT2D eigenvalue weighted by Gasteiger charge is -2.34. The first-order valence-electron chi connectivity index (χ1n) is 8.21. The van der Waals surface area contributed by atoms with Crippen LogP contribution < -0.4 is 10.2 Å². The minimum atomic E-state index is -0.335. The van der Waals surface area contributed by atoms with E-state index in [1.54, 1.807) is 24.4 Å². The van der Waals surface area contributed by atoms with Gasteiger partial charge in [-0.1, -0.05) is 0 Å². The number of nitrogens with one attached hydrogen (secondary N) is 2. The Labute approximate surface area is 140 Å². The summed E-state index contributed by atoms with van der Waals surface area (Å²) in [6.07, 6.45) is 2.81. The lowest BCUT2D eigenvalue weighted by Crippen LogP contribution is -2.37. The van der Waals surface area contributed by atoms with E-state index in [2.05, 4.69) is 15.2 Å². The number of aromatic nitrogens is 1. The van der Waals surface area contributed by atoms with Gasteiger partial charge in [-0.05, 0) is 50.1 Å². The first-order chi connectivity index (χ1) is 11.5. The maximum atomic E-state index is 13.8. The molecule has 2 aromatic rings. The molecule has 0 unspecified atom stereocenters. The molecule has 24 heavy (non-hydrogen) atoms. The number of H-pyrrole nitrogens is 1. The number of carbonyl (C=O) groups excluding carboxylic acids is 1. The van der Waals surface area contributed by atoms with Crippen LogP contribution in [0.3, 0.4) is 0 Å². The highest BCUT2D eigenvalue weighted by molar-refractivity contribution is 5.92. The molecule has 1 atom stereocenters. The van der Waals surface area contributed by atoms with E-state index in [4.69, 9.17) is 0 Å². The van der Waals surface area contributed by atoms with Gasteiger partial charge in [0.2, 0.25) is 0 Å². The minimum Gasteiger partial charge on any atom is -0.393 e. The van der Waals surface area contributed by atoms with Crippen LogP contribution in [-0.4, -0.2) is 35.2 Å². The molecule has 0 aliphatic carbocycles. The topological polar surface area (TPSA) is 68.4 Å². The van der Waals surface area contributed by atoms with Gasteiger partial charge < -0.3 is 20.3 Å². The number of aliphatic hydroxyl groups excluding tert-OH is 1. The van der Waals surface area contributed by atoms with Gasteiger partial charge in [-0.25, -0.2) is 4.39 Å². The van der Waals surface area contributed by atoms with Crippen LogP contribution in [0.25, 0.3) is 0 Å². The Morgan fingerprint density at radius 3 is 2.79 bits per heavy atom. The van der Waals surface area contributed by atoms with Gasteiger partial charge in [-0.15, -0.1) is 0 Å². The zero-order valence-corrected chi connectivity index (χ0v) is 13.6. The lowest BCUT2D eigenvalue weighted by molar-refractivity contribution is 0.0935. The van der Waals surface area contributed by atoms with Crippen LogP contribution in [0.4, 0.5) is 10.1 Å². The third-order valence-corrected chi connectivity index (χ3v) is 4.45. The van der Waals surface area contributed by atoms with E-state index in [-0.39, 0.29) is 23.9 Å². The monoisotopic (exact) mass is 331 g/mol. The second-order valence-corrected chi connectivity index (χ2v) is 6.20. The SMILES string of the molecule is C[C@@H](NC(=O)c1ccc[nH]1)c1cc(F)ccc1N1CCC(O)CC1. The van der Waals surface area contributed by atoms with Crippen molar-refractivity contribution in [3.05, 3.63) is 53.6 Å². The molecule has 0 spiro atoms. The number of anilines is 1. The smallest absolute Gasteiger partial charge is 0.268 e. The summed E-state index contributed by atoms with van der Waals surface area (Å²) in [7, 11) is 0. The van der Waals surface area contributed by atoms with Crippen LogP contribution in [0.5, 0.6) is 0 Å². The average Bonchev–Trinajstić information content (AvgIpc) is 3.10. The number of aromatic amines is 1. The number of hydrogen-bond donors (Lipinski definition) is 3. The van der Waals surface area contributed by atoms with Crippen molar-refractivity contribution in [2.75, 3.05) is 18.0 Å². The highest BCUT2D eigenvalue weighted by Gasteiger charge is 2.22. The summed E-state index contributed by atoms with van der Waals surface area (Å²) < 4.78 is 13.8. The fraction of sp³-hybridized carbons (Fsp3) is 0.389. The van der Waals surface area contributed by atoms with E-state index in [0.717, 1.165) is 24.3 Å². The second-order valence-electron chi connectivity index (χ2n) is 6.20. The predicted octanol–water partition coefficient (Wildman–Crippen LogP) is 2.61. The number of piperidine rings is 1. The van der Waals surface area contributed by atoms with E-state index < -0.39 is 0 Å². The van der Waals surface area contributed by atoms with Crippen molar-refractivity contribution in [2.24, 2.45) is 0 Å². The van der Waals surface area contributed by atoms with Gasteiger partial charge in [0.05, 0.1) is 12.1 Å². The highest BCUT2D eigenvalue weighted by atomic mass is 19.1.